The van der Waals surface area contributed by atoms with Gasteiger partial charge in [-0.15, -0.1) is 0 Å². The van der Waals surface area contributed by atoms with Gasteiger partial charge >= 0.3 is 0 Å². The molecular weight excluding hydrogens is 330 g/mol. The fourth-order valence-corrected chi connectivity index (χ4v) is 2.44. The van der Waals surface area contributed by atoms with Gasteiger partial charge in [0, 0.05) is 18.0 Å². The summed E-state index contributed by atoms with van der Waals surface area (Å²) < 4.78 is 10.5. The average Bonchev–Trinajstić information content (AvgIpc) is 2.68. The highest BCUT2D eigenvalue weighted by atomic mass is 16.5. The maximum absolute atomic E-state index is 12.5. The van der Waals surface area contributed by atoms with Gasteiger partial charge in [-0.2, -0.15) is 0 Å². The number of methoxy groups -OCH3 is 2. The number of nitrogens with zero attached hydrogens (tertiary/aromatic N) is 1. The molecule has 0 saturated carbocycles. The number of pyridine rings is 1. The predicted molar refractivity (Wildman–Crippen MR) is 101 cm³/mol. The molecule has 0 bridgehead atoms. The predicted octanol–water partition coefficient (Wildman–Crippen LogP) is 4.09. The fraction of sp³-hybridized carbons (Fsp3) is 0.100. The molecule has 0 atom stereocenters. The van der Waals surface area contributed by atoms with Crippen molar-refractivity contribution in [1.82, 2.24) is 4.98 Å². The van der Waals surface area contributed by atoms with Gasteiger partial charge in [0.15, 0.2) is 0 Å². The van der Waals surface area contributed by atoms with Crippen molar-refractivity contribution in [1.29, 1.82) is 0 Å². The van der Waals surface area contributed by atoms with Crippen LogP contribution in [0.25, 0.3) is 0 Å². The second-order valence-corrected chi connectivity index (χ2v) is 5.47. The normalized spacial score (nSPS) is 10.1. The zero-order valence-electron chi connectivity index (χ0n) is 14.5. The second-order valence-electron chi connectivity index (χ2n) is 5.47. The number of aromatic nitrogens is 1. The van der Waals surface area contributed by atoms with Gasteiger partial charge in [0.2, 0.25) is 0 Å². The first-order valence-electron chi connectivity index (χ1n) is 8.00. The quantitative estimate of drug-likeness (QED) is 0.701. The van der Waals surface area contributed by atoms with E-state index in [9.17, 15) is 4.79 Å². The molecule has 0 unspecified atom stereocenters. The molecule has 0 aliphatic heterocycles. The van der Waals surface area contributed by atoms with Crippen LogP contribution in [-0.4, -0.2) is 25.1 Å². The minimum atomic E-state index is -0.267. The number of amides is 1. The van der Waals surface area contributed by atoms with Crippen LogP contribution < -0.4 is 20.1 Å². The maximum Gasteiger partial charge on any atom is 0.257 e. The lowest BCUT2D eigenvalue weighted by Crippen LogP contribution is -2.13. The van der Waals surface area contributed by atoms with Crippen molar-refractivity contribution in [3.05, 3.63) is 72.6 Å². The SMILES string of the molecule is COc1cccc(Nc2cncc(C(=O)Nc3ccccc3OC)c2)c1. The van der Waals surface area contributed by atoms with E-state index in [0.29, 0.717) is 22.7 Å². The molecular formula is C20H19N3O3. The Morgan fingerprint density at radius 1 is 0.923 bits per heavy atom. The van der Waals surface area contributed by atoms with Crippen LogP contribution in [0.3, 0.4) is 0 Å². The maximum atomic E-state index is 12.5. The van der Waals surface area contributed by atoms with Crippen molar-refractivity contribution in [3.8, 4) is 11.5 Å². The number of hydrogen-bond donors (Lipinski definition) is 2. The number of para-hydroxylation sites is 2. The van der Waals surface area contributed by atoms with Gasteiger partial charge in [-0.05, 0) is 30.3 Å². The Bertz CT molecular complexity index is 912. The van der Waals surface area contributed by atoms with Crippen LogP contribution in [0.2, 0.25) is 0 Å². The van der Waals surface area contributed by atoms with Crippen LogP contribution in [0.5, 0.6) is 11.5 Å². The molecule has 132 valence electrons. The number of anilines is 3. The first kappa shape index (κ1) is 17.3. The number of benzene rings is 2. The highest BCUT2D eigenvalue weighted by Crippen LogP contribution is 2.25. The van der Waals surface area contributed by atoms with Gasteiger partial charge < -0.3 is 20.1 Å². The summed E-state index contributed by atoms with van der Waals surface area (Å²) in [6, 6.07) is 16.5. The van der Waals surface area contributed by atoms with Crippen molar-refractivity contribution in [2.75, 3.05) is 24.9 Å². The minimum Gasteiger partial charge on any atom is -0.497 e. The Hall–Kier alpha value is -3.54. The molecule has 6 heteroatoms. The summed E-state index contributed by atoms with van der Waals surface area (Å²) >= 11 is 0. The first-order chi connectivity index (χ1) is 12.7. The lowest BCUT2D eigenvalue weighted by Gasteiger charge is -2.11. The lowest BCUT2D eigenvalue weighted by atomic mass is 10.2. The molecule has 3 rings (SSSR count). The van der Waals surface area contributed by atoms with Crippen molar-refractivity contribution >= 4 is 23.0 Å². The summed E-state index contributed by atoms with van der Waals surface area (Å²) in [6.07, 6.45) is 3.17. The Labute approximate surface area is 151 Å². The van der Waals surface area contributed by atoms with Crippen molar-refractivity contribution in [2.45, 2.75) is 0 Å². The second kappa shape index (κ2) is 8.02. The molecule has 1 aromatic heterocycles. The number of carbonyl (C=O) groups is 1. The molecule has 0 saturated heterocycles. The number of carbonyl (C=O) groups excluding carboxylic acids is 1. The van der Waals surface area contributed by atoms with Gasteiger partial charge in [0.25, 0.3) is 5.91 Å². The topological polar surface area (TPSA) is 72.5 Å². The number of rotatable bonds is 6. The molecule has 2 aromatic carbocycles. The van der Waals surface area contributed by atoms with Crippen LogP contribution in [-0.2, 0) is 0 Å². The third-order valence-electron chi connectivity index (χ3n) is 3.71. The Morgan fingerprint density at radius 2 is 1.77 bits per heavy atom. The summed E-state index contributed by atoms with van der Waals surface area (Å²) in [6.45, 7) is 0. The third kappa shape index (κ3) is 4.10. The monoisotopic (exact) mass is 349 g/mol. The van der Waals surface area contributed by atoms with E-state index in [0.717, 1.165) is 11.4 Å². The van der Waals surface area contributed by atoms with E-state index < -0.39 is 0 Å². The van der Waals surface area contributed by atoms with Crippen LogP contribution >= 0.6 is 0 Å². The molecule has 0 radical (unpaired) electrons. The minimum absolute atomic E-state index is 0.267. The first-order valence-corrected chi connectivity index (χ1v) is 8.00. The number of ether oxygens (including phenoxy) is 2. The van der Waals surface area contributed by atoms with E-state index in [-0.39, 0.29) is 5.91 Å². The molecule has 0 fully saturated rings. The molecule has 6 nitrogen and oxygen atoms in total. The molecule has 26 heavy (non-hydrogen) atoms. The highest BCUT2D eigenvalue weighted by Gasteiger charge is 2.10. The van der Waals surface area contributed by atoms with Crippen molar-refractivity contribution in [2.24, 2.45) is 0 Å². The van der Waals surface area contributed by atoms with Gasteiger partial charge in [-0.25, -0.2) is 0 Å². The smallest absolute Gasteiger partial charge is 0.257 e. The summed E-state index contributed by atoms with van der Waals surface area (Å²) in [5.74, 6) is 1.07. The molecule has 0 aliphatic rings. The van der Waals surface area contributed by atoms with Crippen LogP contribution in [0.1, 0.15) is 10.4 Å². The molecule has 3 aromatic rings. The van der Waals surface area contributed by atoms with Crippen molar-refractivity contribution in [3.63, 3.8) is 0 Å². The van der Waals surface area contributed by atoms with Crippen LogP contribution in [0.15, 0.2) is 67.0 Å². The van der Waals surface area contributed by atoms with E-state index in [1.807, 2.05) is 36.4 Å². The zero-order chi connectivity index (χ0) is 18.4. The number of hydrogen-bond acceptors (Lipinski definition) is 5. The van der Waals surface area contributed by atoms with Crippen LogP contribution in [0, 0.1) is 0 Å². The van der Waals surface area contributed by atoms with E-state index in [1.165, 1.54) is 6.20 Å². The van der Waals surface area contributed by atoms with E-state index in [4.69, 9.17) is 9.47 Å². The molecule has 1 heterocycles. The lowest BCUT2D eigenvalue weighted by molar-refractivity contribution is 0.102. The highest BCUT2D eigenvalue weighted by molar-refractivity contribution is 6.05. The van der Waals surface area contributed by atoms with Gasteiger partial charge in [-0.1, -0.05) is 18.2 Å². The summed E-state index contributed by atoms with van der Waals surface area (Å²) in [4.78, 5) is 16.7. The van der Waals surface area contributed by atoms with E-state index >= 15 is 0 Å². The average molecular weight is 349 g/mol. The Morgan fingerprint density at radius 3 is 2.58 bits per heavy atom. The fourth-order valence-electron chi connectivity index (χ4n) is 2.44. The van der Waals surface area contributed by atoms with Gasteiger partial charge in [-0.3, -0.25) is 9.78 Å². The van der Waals surface area contributed by atoms with Gasteiger partial charge in [0.05, 0.1) is 37.4 Å². The molecule has 1 amide bonds. The van der Waals surface area contributed by atoms with Crippen LogP contribution in [0.4, 0.5) is 17.1 Å². The molecule has 0 aliphatic carbocycles. The molecule has 2 N–H and O–H groups in total. The zero-order valence-corrected chi connectivity index (χ0v) is 14.5. The Balaban J connectivity index is 1.77. The summed E-state index contributed by atoms with van der Waals surface area (Å²) in [7, 11) is 3.18. The van der Waals surface area contributed by atoms with Crippen molar-refractivity contribution < 1.29 is 14.3 Å². The third-order valence-corrected chi connectivity index (χ3v) is 3.71. The summed E-state index contributed by atoms with van der Waals surface area (Å²) in [5, 5.41) is 6.05. The Kier molecular flexibility index (Phi) is 5.34. The number of nitrogens with one attached hydrogen (secondary N) is 2. The molecule has 0 spiro atoms. The standard InChI is InChI=1S/C20H19N3O3/c1-25-17-7-5-6-15(11-17)22-16-10-14(12-21-13-16)20(24)23-18-8-3-4-9-19(18)26-2/h3-13,22H,1-2H3,(H,23,24). The largest absolute Gasteiger partial charge is 0.497 e. The van der Waals surface area contributed by atoms with E-state index in [1.54, 1.807) is 38.6 Å². The van der Waals surface area contributed by atoms with Gasteiger partial charge in [0.1, 0.15) is 11.5 Å². The summed E-state index contributed by atoms with van der Waals surface area (Å²) in [5.41, 5.74) is 2.58. The van der Waals surface area contributed by atoms with E-state index in [2.05, 4.69) is 15.6 Å².